The van der Waals surface area contributed by atoms with Crippen LogP contribution >= 0.6 is 11.6 Å². The zero-order valence-electron chi connectivity index (χ0n) is 18.5. The van der Waals surface area contributed by atoms with Crippen molar-refractivity contribution >= 4 is 17.6 Å². The maximum Gasteiger partial charge on any atom is 0.422 e. The minimum atomic E-state index is -4.58. The molecule has 1 heterocycles. The van der Waals surface area contributed by atoms with Gasteiger partial charge in [-0.2, -0.15) is 13.2 Å². The van der Waals surface area contributed by atoms with Crippen LogP contribution in [0.2, 0.25) is 5.02 Å². The molecular weight excluding hydrogens is 467 g/mol. The molecule has 1 atom stereocenters. The summed E-state index contributed by atoms with van der Waals surface area (Å²) >= 11 is 6.02. The number of nitrogens with zero attached hydrogens (tertiary/aromatic N) is 1. The maximum absolute atomic E-state index is 12.9. The van der Waals surface area contributed by atoms with Gasteiger partial charge in [-0.25, -0.2) is 4.79 Å². The lowest BCUT2D eigenvalue weighted by Gasteiger charge is -2.23. The molecule has 0 aliphatic rings. The van der Waals surface area contributed by atoms with Gasteiger partial charge in [-0.3, -0.25) is 9.36 Å². The molecular formula is C22H25ClF3NO6. The van der Waals surface area contributed by atoms with Gasteiger partial charge >= 0.3 is 12.1 Å². The predicted octanol–water partition coefficient (Wildman–Crippen LogP) is 4.95. The van der Waals surface area contributed by atoms with Crippen molar-refractivity contribution in [3.8, 4) is 22.6 Å². The average Bonchev–Trinajstić information content (AvgIpc) is 2.68. The molecule has 0 saturated heterocycles. The Morgan fingerprint density at radius 3 is 2.33 bits per heavy atom. The number of aliphatic carboxylic acids is 1. The fourth-order valence-electron chi connectivity index (χ4n) is 3.00. The first-order valence-electron chi connectivity index (χ1n) is 9.88. The summed E-state index contributed by atoms with van der Waals surface area (Å²) in [4.78, 5) is 24.7. The lowest BCUT2D eigenvalue weighted by Crippen LogP contribution is -2.31. The Kier molecular flexibility index (Phi) is 8.42. The minimum Gasteiger partial charge on any atom is -0.495 e. The van der Waals surface area contributed by atoms with Gasteiger partial charge in [0.15, 0.2) is 6.61 Å². The molecule has 1 N–H and O–H groups in total. The van der Waals surface area contributed by atoms with E-state index in [1.165, 1.54) is 31.5 Å². The summed E-state index contributed by atoms with van der Waals surface area (Å²) in [5.74, 6) is -1.36. The second kappa shape index (κ2) is 10.5. The summed E-state index contributed by atoms with van der Waals surface area (Å²) in [6.45, 7) is 3.99. The van der Waals surface area contributed by atoms with E-state index in [1.54, 1.807) is 0 Å². The lowest BCUT2D eigenvalue weighted by atomic mass is 10.0. The van der Waals surface area contributed by atoms with Crippen LogP contribution in [-0.2, 0) is 9.53 Å². The zero-order chi connectivity index (χ0) is 25.0. The van der Waals surface area contributed by atoms with Crippen LogP contribution in [0.25, 0.3) is 11.1 Å². The molecule has 0 bridgehead atoms. The molecule has 0 spiro atoms. The number of carboxylic acids is 1. The van der Waals surface area contributed by atoms with Crippen molar-refractivity contribution in [2.45, 2.75) is 45.0 Å². The van der Waals surface area contributed by atoms with E-state index in [2.05, 4.69) is 0 Å². The van der Waals surface area contributed by atoms with Crippen LogP contribution in [0, 0.1) is 0 Å². The molecule has 0 saturated carbocycles. The van der Waals surface area contributed by atoms with E-state index in [9.17, 15) is 27.9 Å². The van der Waals surface area contributed by atoms with Gasteiger partial charge in [-0.05, 0) is 39.0 Å². The largest absolute Gasteiger partial charge is 0.495 e. The first-order chi connectivity index (χ1) is 15.2. The Morgan fingerprint density at radius 2 is 1.79 bits per heavy atom. The molecule has 182 valence electrons. The fourth-order valence-corrected chi connectivity index (χ4v) is 3.17. The highest BCUT2D eigenvalue weighted by Gasteiger charge is 2.29. The molecule has 0 radical (unpaired) electrons. The summed E-state index contributed by atoms with van der Waals surface area (Å²) in [6.07, 6.45) is -3.37. The van der Waals surface area contributed by atoms with E-state index < -0.39 is 36.0 Å². The number of hydrogen-bond acceptors (Lipinski definition) is 5. The molecule has 1 aromatic carbocycles. The molecule has 0 amide bonds. The van der Waals surface area contributed by atoms with E-state index in [0.717, 1.165) is 10.6 Å². The number of aromatic nitrogens is 1. The van der Waals surface area contributed by atoms with Crippen LogP contribution in [0.15, 0.2) is 35.3 Å². The van der Waals surface area contributed by atoms with Gasteiger partial charge in [0.1, 0.15) is 17.5 Å². The molecule has 2 rings (SSSR count). The molecule has 11 heteroatoms. The third kappa shape index (κ3) is 7.68. The normalized spacial score (nSPS) is 13.0. The van der Waals surface area contributed by atoms with Crippen LogP contribution in [0.3, 0.4) is 0 Å². The summed E-state index contributed by atoms with van der Waals surface area (Å²) in [5.41, 5.74) is -0.991. The third-order valence-electron chi connectivity index (χ3n) is 4.43. The standard InChI is InChI=1S/C22H25ClF3NO6/c1-21(2,3)33-8-7-16(20(29)30)27-11-18(31-4)15(10-19(27)28)14-9-13(23)5-6-17(14)32-12-22(24,25)26/h5-6,9-11,16H,7-8,12H2,1-4H3,(H,29,30). The first-order valence-corrected chi connectivity index (χ1v) is 10.3. The number of halogens is 4. The van der Waals surface area contributed by atoms with Crippen molar-refractivity contribution in [1.29, 1.82) is 0 Å². The highest BCUT2D eigenvalue weighted by Crippen LogP contribution is 2.38. The average molecular weight is 492 g/mol. The molecule has 1 unspecified atom stereocenters. The van der Waals surface area contributed by atoms with Crippen LogP contribution in [-0.4, -0.2) is 47.7 Å². The van der Waals surface area contributed by atoms with Gasteiger partial charge in [0.2, 0.25) is 0 Å². The number of alkyl halides is 3. The van der Waals surface area contributed by atoms with E-state index in [1.807, 2.05) is 20.8 Å². The van der Waals surface area contributed by atoms with E-state index in [4.69, 9.17) is 25.8 Å². The predicted molar refractivity (Wildman–Crippen MR) is 116 cm³/mol. The van der Waals surface area contributed by atoms with Crippen LogP contribution < -0.4 is 15.0 Å². The highest BCUT2D eigenvalue weighted by molar-refractivity contribution is 6.31. The summed E-state index contributed by atoms with van der Waals surface area (Å²) in [6, 6.07) is 3.76. The minimum absolute atomic E-state index is 0.00607. The van der Waals surface area contributed by atoms with Crippen molar-refractivity contribution in [3.05, 3.63) is 45.8 Å². The van der Waals surface area contributed by atoms with Gasteiger partial charge in [-0.15, -0.1) is 0 Å². The van der Waals surface area contributed by atoms with Crippen LogP contribution in [0.1, 0.15) is 33.2 Å². The smallest absolute Gasteiger partial charge is 0.422 e. The Bertz CT molecular complexity index is 1050. The second-order valence-corrected chi connectivity index (χ2v) is 8.59. The number of rotatable bonds is 9. The van der Waals surface area contributed by atoms with Gasteiger partial charge in [0, 0.05) is 35.2 Å². The van der Waals surface area contributed by atoms with Gasteiger partial charge in [0.05, 0.1) is 18.9 Å². The number of carboxylic acid groups (broad SMARTS) is 1. The lowest BCUT2D eigenvalue weighted by molar-refractivity contribution is -0.153. The van der Waals surface area contributed by atoms with Crippen LogP contribution in [0.4, 0.5) is 13.2 Å². The number of pyridine rings is 1. The Hall–Kier alpha value is -2.72. The molecule has 33 heavy (non-hydrogen) atoms. The number of hydrogen-bond donors (Lipinski definition) is 1. The molecule has 0 aliphatic heterocycles. The Morgan fingerprint density at radius 1 is 1.15 bits per heavy atom. The summed E-state index contributed by atoms with van der Waals surface area (Å²) in [5, 5.41) is 9.85. The van der Waals surface area contributed by atoms with Crippen molar-refractivity contribution in [3.63, 3.8) is 0 Å². The number of benzene rings is 1. The van der Waals surface area contributed by atoms with E-state index in [0.29, 0.717) is 0 Å². The van der Waals surface area contributed by atoms with Gasteiger partial charge in [-0.1, -0.05) is 11.6 Å². The van der Waals surface area contributed by atoms with Crippen molar-refractivity contribution in [1.82, 2.24) is 4.57 Å². The van der Waals surface area contributed by atoms with Gasteiger partial charge in [0.25, 0.3) is 5.56 Å². The second-order valence-electron chi connectivity index (χ2n) is 8.15. The monoisotopic (exact) mass is 491 g/mol. The van der Waals surface area contributed by atoms with Crippen molar-refractivity contribution < 1.29 is 37.3 Å². The molecule has 1 aromatic heterocycles. The molecule has 0 fully saturated rings. The summed E-state index contributed by atoms with van der Waals surface area (Å²) < 4.78 is 54.8. The Labute approximate surface area is 193 Å². The van der Waals surface area contributed by atoms with Crippen LogP contribution in [0.5, 0.6) is 11.5 Å². The quantitative estimate of drug-likeness (QED) is 0.534. The van der Waals surface area contributed by atoms with Crippen molar-refractivity contribution in [2.75, 3.05) is 20.3 Å². The highest BCUT2D eigenvalue weighted by atomic mass is 35.5. The fraction of sp³-hybridized carbons (Fsp3) is 0.455. The molecule has 0 aliphatic carbocycles. The van der Waals surface area contributed by atoms with E-state index >= 15 is 0 Å². The Balaban J connectivity index is 2.50. The van der Waals surface area contributed by atoms with Crippen molar-refractivity contribution in [2.24, 2.45) is 0 Å². The topological polar surface area (TPSA) is 87.0 Å². The number of carbonyl (C=O) groups is 1. The molecule has 7 nitrogen and oxygen atoms in total. The zero-order valence-corrected chi connectivity index (χ0v) is 19.3. The molecule has 2 aromatic rings. The third-order valence-corrected chi connectivity index (χ3v) is 4.67. The number of methoxy groups -OCH3 is 1. The SMILES string of the molecule is COc1cn(C(CCOC(C)(C)C)C(=O)O)c(=O)cc1-c1cc(Cl)ccc1OCC(F)(F)F. The van der Waals surface area contributed by atoms with E-state index in [-0.39, 0.29) is 40.7 Å². The number of ether oxygens (including phenoxy) is 3. The van der Waals surface area contributed by atoms with Gasteiger partial charge < -0.3 is 19.3 Å². The summed E-state index contributed by atoms with van der Waals surface area (Å²) in [7, 11) is 1.28. The maximum atomic E-state index is 12.9. The first kappa shape index (κ1) is 26.5.